The number of amides is 1. The zero-order chi connectivity index (χ0) is 22.0. The van der Waals surface area contributed by atoms with Crippen LogP contribution in [-0.2, 0) is 4.79 Å². The zero-order valence-corrected chi connectivity index (χ0v) is 17.6. The first-order valence-electron chi connectivity index (χ1n) is 8.71. The molecule has 1 unspecified atom stereocenters. The number of hydrogen-bond donors (Lipinski definition) is 2. The van der Waals surface area contributed by atoms with E-state index in [1.165, 1.54) is 31.1 Å². The summed E-state index contributed by atoms with van der Waals surface area (Å²) in [6, 6.07) is 9.68. The number of ketones is 1. The number of nitrogen functional groups attached to an aromatic ring is 1. The highest BCUT2D eigenvalue weighted by molar-refractivity contribution is 7.18. The Morgan fingerprint density at radius 3 is 2.47 bits per heavy atom. The lowest BCUT2D eigenvalue weighted by molar-refractivity contribution is -0.118. The maximum atomic E-state index is 14.0. The van der Waals surface area contributed by atoms with Gasteiger partial charge in [-0.15, -0.1) is 0 Å². The predicted molar refractivity (Wildman–Crippen MR) is 115 cm³/mol. The summed E-state index contributed by atoms with van der Waals surface area (Å²) in [6.45, 7) is 1.54. The van der Waals surface area contributed by atoms with Crippen LogP contribution in [0.1, 0.15) is 22.2 Å². The Morgan fingerprint density at radius 1 is 1.23 bits per heavy atom. The molecule has 1 amide bonds. The van der Waals surface area contributed by atoms with Gasteiger partial charge in [0, 0.05) is 11.3 Å². The number of nitrogens with zero attached hydrogens (tertiary/aromatic N) is 2. The van der Waals surface area contributed by atoms with Gasteiger partial charge in [-0.1, -0.05) is 22.9 Å². The molecule has 3 aromatic rings. The molecular formula is C20H18ClFN4O3S. The number of anilines is 3. The van der Waals surface area contributed by atoms with Crippen LogP contribution in [0, 0.1) is 5.82 Å². The highest BCUT2D eigenvalue weighted by atomic mass is 35.5. The molecule has 3 rings (SSSR count). The van der Waals surface area contributed by atoms with Gasteiger partial charge in [-0.3, -0.25) is 9.59 Å². The molecule has 2 aromatic carbocycles. The molecule has 156 valence electrons. The fraction of sp³-hybridized carbons (Fsp3) is 0.150. The minimum Gasteiger partial charge on any atom is -0.497 e. The normalized spacial score (nSPS) is 11.7. The fourth-order valence-corrected chi connectivity index (χ4v) is 3.89. The lowest BCUT2D eigenvalue weighted by Gasteiger charge is -2.26. The van der Waals surface area contributed by atoms with Gasteiger partial charge in [-0.2, -0.15) is 0 Å². The predicted octanol–water partition coefficient (Wildman–Crippen LogP) is 3.77. The Balaban J connectivity index is 2.04. The molecule has 10 heteroatoms. The lowest BCUT2D eigenvalue weighted by Crippen LogP contribution is -2.40. The molecule has 0 aliphatic heterocycles. The maximum Gasteiger partial charge on any atom is 0.240 e. The molecular weight excluding hydrogens is 431 g/mol. The van der Waals surface area contributed by atoms with Crippen molar-refractivity contribution in [1.82, 2.24) is 4.98 Å². The molecule has 0 radical (unpaired) electrons. The maximum absolute atomic E-state index is 14.0. The third kappa shape index (κ3) is 4.22. The second-order valence-corrected chi connectivity index (χ2v) is 7.70. The van der Waals surface area contributed by atoms with Crippen LogP contribution in [0.5, 0.6) is 5.75 Å². The number of methoxy groups -OCH3 is 1. The first kappa shape index (κ1) is 21.5. The average molecular weight is 449 g/mol. The van der Waals surface area contributed by atoms with Crippen molar-refractivity contribution in [3.05, 3.63) is 63.7 Å². The van der Waals surface area contributed by atoms with Gasteiger partial charge in [0.2, 0.25) is 11.7 Å². The summed E-state index contributed by atoms with van der Waals surface area (Å²) in [4.78, 5) is 30.6. The topological polar surface area (TPSA) is 112 Å². The first-order chi connectivity index (χ1) is 14.2. The number of primary amides is 1. The van der Waals surface area contributed by atoms with Crippen molar-refractivity contribution in [3.63, 3.8) is 0 Å². The van der Waals surface area contributed by atoms with E-state index in [0.717, 1.165) is 17.4 Å². The van der Waals surface area contributed by atoms with Crippen molar-refractivity contribution in [2.24, 2.45) is 5.73 Å². The Labute approximate surface area is 181 Å². The number of thiazole rings is 1. The van der Waals surface area contributed by atoms with Crippen molar-refractivity contribution < 1.29 is 18.7 Å². The minimum atomic E-state index is -0.889. The average Bonchev–Trinajstić information content (AvgIpc) is 3.11. The van der Waals surface area contributed by atoms with Gasteiger partial charge in [0.25, 0.3) is 0 Å². The standard InChI is InChI=1S/C20H18ClFN4O3S/c1-10(19(24)28)26(12-5-8-14(21)15(22)9-12)20-25-18(23)17(30-20)16(27)11-3-6-13(29-2)7-4-11/h3-10H,23H2,1-2H3,(H2,24,28). The van der Waals surface area contributed by atoms with Crippen molar-refractivity contribution in [2.75, 3.05) is 17.7 Å². The molecule has 7 nitrogen and oxygen atoms in total. The van der Waals surface area contributed by atoms with E-state index in [1.54, 1.807) is 24.3 Å². The fourth-order valence-electron chi connectivity index (χ4n) is 2.72. The number of ether oxygens (including phenoxy) is 1. The molecule has 0 bridgehead atoms. The highest BCUT2D eigenvalue weighted by Crippen LogP contribution is 2.37. The third-order valence-electron chi connectivity index (χ3n) is 4.39. The Hall–Kier alpha value is -3.17. The number of carbonyl (C=O) groups is 2. The molecule has 0 spiro atoms. The zero-order valence-electron chi connectivity index (χ0n) is 16.1. The van der Waals surface area contributed by atoms with Crippen LogP contribution in [0.2, 0.25) is 5.02 Å². The van der Waals surface area contributed by atoms with E-state index in [1.807, 2.05) is 0 Å². The van der Waals surface area contributed by atoms with Gasteiger partial charge in [0.1, 0.15) is 28.3 Å². The number of rotatable bonds is 7. The number of benzene rings is 2. The number of hydrogen-bond acceptors (Lipinski definition) is 7. The largest absolute Gasteiger partial charge is 0.497 e. The van der Waals surface area contributed by atoms with Crippen LogP contribution in [-0.4, -0.2) is 29.8 Å². The van der Waals surface area contributed by atoms with Gasteiger partial charge in [-0.25, -0.2) is 9.37 Å². The van der Waals surface area contributed by atoms with Gasteiger partial charge in [0.05, 0.1) is 12.1 Å². The molecule has 1 atom stereocenters. The summed E-state index contributed by atoms with van der Waals surface area (Å²) in [5.74, 6) is -1.08. The molecule has 0 fully saturated rings. The Morgan fingerprint density at radius 2 is 1.90 bits per heavy atom. The summed E-state index contributed by atoms with van der Waals surface area (Å²) in [7, 11) is 1.53. The van der Waals surface area contributed by atoms with Crippen LogP contribution in [0.3, 0.4) is 0 Å². The van der Waals surface area contributed by atoms with Crippen LogP contribution in [0.15, 0.2) is 42.5 Å². The van der Waals surface area contributed by atoms with Gasteiger partial charge in [0.15, 0.2) is 5.13 Å². The van der Waals surface area contributed by atoms with Crippen molar-refractivity contribution in [1.29, 1.82) is 0 Å². The molecule has 1 heterocycles. The number of halogens is 2. The quantitative estimate of drug-likeness (QED) is 0.532. The molecule has 0 aliphatic carbocycles. The van der Waals surface area contributed by atoms with Gasteiger partial charge >= 0.3 is 0 Å². The van der Waals surface area contributed by atoms with Crippen LogP contribution >= 0.6 is 22.9 Å². The van der Waals surface area contributed by atoms with E-state index >= 15 is 0 Å². The van der Waals surface area contributed by atoms with E-state index in [9.17, 15) is 14.0 Å². The van der Waals surface area contributed by atoms with Crippen molar-refractivity contribution in [2.45, 2.75) is 13.0 Å². The molecule has 30 heavy (non-hydrogen) atoms. The minimum absolute atomic E-state index is 0.00748. The van der Waals surface area contributed by atoms with E-state index in [-0.39, 0.29) is 26.6 Å². The summed E-state index contributed by atoms with van der Waals surface area (Å²) >= 11 is 6.74. The molecule has 0 saturated heterocycles. The van der Waals surface area contributed by atoms with E-state index in [4.69, 9.17) is 27.8 Å². The molecule has 1 aromatic heterocycles. The summed E-state index contributed by atoms with van der Waals surface area (Å²) in [5, 5.41) is 0.150. The Bertz CT molecular complexity index is 1100. The van der Waals surface area contributed by atoms with Crippen LogP contribution in [0.4, 0.5) is 21.0 Å². The molecule has 0 saturated carbocycles. The second kappa shape index (κ2) is 8.68. The summed E-state index contributed by atoms with van der Waals surface area (Å²) in [5.41, 5.74) is 12.2. The first-order valence-corrected chi connectivity index (χ1v) is 9.91. The monoisotopic (exact) mass is 448 g/mol. The second-order valence-electron chi connectivity index (χ2n) is 6.32. The van der Waals surface area contributed by atoms with Gasteiger partial charge < -0.3 is 21.1 Å². The summed E-state index contributed by atoms with van der Waals surface area (Å²) < 4.78 is 19.1. The lowest BCUT2D eigenvalue weighted by atomic mass is 10.1. The Kier molecular flexibility index (Phi) is 6.23. The summed E-state index contributed by atoms with van der Waals surface area (Å²) in [6.07, 6.45) is 0. The smallest absolute Gasteiger partial charge is 0.240 e. The van der Waals surface area contributed by atoms with Gasteiger partial charge in [-0.05, 0) is 49.4 Å². The number of carbonyl (C=O) groups excluding carboxylic acids is 2. The molecule has 0 aliphatic rings. The molecule has 4 N–H and O–H groups in total. The van der Waals surface area contributed by atoms with Crippen molar-refractivity contribution >= 4 is 51.3 Å². The van der Waals surface area contributed by atoms with E-state index < -0.39 is 17.8 Å². The van der Waals surface area contributed by atoms with Crippen LogP contribution in [0.25, 0.3) is 0 Å². The third-order valence-corrected chi connectivity index (χ3v) is 5.76. The van der Waals surface area contributed by atoms with Crippen LogP contribution < -0.4 is 21.1 Å². The van der Waals surface area contributed by atoms with Crippen molar-refractivity contribution in [3.8, 4) is 5.75 Å². The van der Waals surface area contributed by atoms with E-state index in [0.29, 0.717) is 17.0 Å². The number of nitrogens with two attached hydrogens (primary N) is 2. The van der Waals surface area contributed by atoms with E-state index in [2.05, 4.69) is 4.98 Å². The SMILES string of the molecule is COc1ccc(C(=O)c2sc(N(c3ccc(Cl)c(F)c3)C(C)C(N)=O)nc2N)cc1. The highest BCUT2D eigenvalue weighted by Gasteiger charge is 2.28. The number of aromatic nitrogens is 1.